The van der Waals surface area contributed by atoms with Gasteiger partial charge >= 0.3 is 6.18 Å². The minimum atomic E-state index is -4.40. The Labute approximate surface area is 161 Å². The van der Waals surface area contributed by atoms with E-state index < -0.39 is 11.7 Å². The summed E-state index contributed by atoms with van der Waals surface area (Å²) in [4.78, 5) is 14.8. The molecule has 0 unspecified atom stereocenters. The van der Waals surface area contributed by atoms with E-state index in [1.807, 2.05) is 5.38 Å². The van der Waals surface area contributed by atoms with Crippen LogP contribution < -0.4 is 5.32 Å². The molecule has 0 bridgehead atoms. The first kappa shape index (κ1) is 19.9. The molecule has 0 radical (unpaired) electrons. The quantitative estimate of drug-likeness (QED) is 0.761. The molecule has 1 atom stereocenters. The molecule has 0 saturated carbocycles. The molecule has 1 amide bonds. The number of amides is 1. The maximum Gasteiger partial charge on any atom is 0.416 e. The minimum absolute atomic E-state index is 0.0905. The number of alkyl halides is 3. The van der Waals surface area contributed by atoms with Gasteiger partial charge in [0.25, 0.3) is 5.91 Å². The summed E-state index contributed by atoms with van der Waals surface area (Å²) >= 11 is 1.63. The summed E-state index contributed by atoms with van der Waals surface area (Å²) in [7, 11) is 0. The SMILES string of the molecule is O=C(NC[C@@H](c1ccsc1)N1CCCCCC1)c1ccc(C(F)(F)F)cc1. The van der Waals surface area contributed by atoms with E-state index in [2.05, 4.69) is 21.7 Å². The van der Waals surface area contributed by atoms with Gasteiger partial charge < -0.3 is 5.32 Å². The number of hydrogen-bond acceptors (Lipinski definition) is 3. The van der Waals surface area contributed by atoms with Crippen molar-refractivity contribution in [3.05, 3.63) is 57.8 Å². The van der Waals surface area contributed by atoms with Crippen LogP contribution in [0.2, 0.25) is 0 Å². The van der Waals surface area contributed by atoms with Crippen LogP contribution >= 0.6 is 11.3 Å². The molecule has 7 heteroatoms. The van der Waals surface area contributed by atoms with Crippen molar-refractivity contribution in [3.8, 4) is 0 Å². The normalized spacial score (nSPS) is 17.3. The molecular formula is C20H23F3N2OS. The van der Waals surface area contributed by atoms with Gasteiger partial charge in [0.2, 0.25) is 0 Å². The molecule has 1 aliphatic heterocycles. The summed E-state index contributed by atoms with van der Waals surface area (Å²) < 4.78 is 38.0. The number of benzene rings is 1. The molecule has 1 aliphatic rings. The van der Waals surface area contributed by atoms with Gasteiger partial charge in [-0.15, -0.1) is 0 Å². The maximum atomic E-state index is 12.7. The Hall–Kier alpha value is -1.86. The number of thiophene rings is 1. The predicted molar refractivity (Wildman–Crippen MR) is 101 cm³/mol. The van der Waals surface area contributed by atoms with E-state index in [0.29, 0.717) is 6.54 Å². The van der Waals surface area contributed by atoms with Gasteiger partial charge in [0.05, 0.1) is 11.6 Å². The molecule has 1 saturated heterocycles. The lowest BCUT2D eigenvalue weighted by atomic mass is 10.1. The van der Waals surface area contributed by atoms with Crippen molar-refractivity contribution >= 4 is 17.2 Å². The van der Waals surface area contributed by atoms with Crippen molar-refractivity contribution in [1.82, 2.24) is 10.2 Å². The zero-order valence-electron chi connectivity index (χ0n) is 15.0. The molecule has 27 heavy (non-hydrogen) atoms. The van der Waals surface area contributed by atoms with Gasteiger partial charge in [-0.05, 0) is 72.6 Å². The summed E-state index contributed by atoms with van der Waals surface area (Å²) in [5.74, 6) is -0.348. The van der Waals surface area contributed by atoms with Crippen LogP contribution in [0.1, 0.15) is 53.2 Å². The molecule has 3 nitrogen and oxygen atoms in total. The topological polar surface area (TPSA) is 32.3 Å². The Balaban J connectivity index is 1.66. The first-order valence-corrected chi connectivity index (χ1v) is 10.1. The minimum Gasteiger partial charge on any atom is -0.350 e. The zero-order chi connectivity index (χ0) is 19.3. The Morgan fingerprint density at radius 3 is 2.30 bits per heavy atom. The van der Waals surface area contributed by atoms with E-state index in [4.69, 9.17) is 0 Å². The van der Waals surface area contributed by atoms with E-state index in [1.54, 1.807) is 11.3 Å². The number of carbonyl (C=O) groups is 1. The third-order valence-corrected chi connectivity index (χ3v) is 5.64. The highest BCUT2D eigenvalue weighted by molar-refractivity contribution is 7.07. The molecule has 0 aliphatic carbocycles. The molecule has 3 rings (SSSR count). The molecule has 2 aromatic rings. The van der Waals surface area contributed by atoms with Crippen LogP contribution in [0.15, 0.2) is 41.1 Å². The van der Waals surface area contributed by atoms with Gasteiger partial charge in [0.1, 0.15) is 0 Å². The molecule has 1 N–H and O–H groups in total. The lowest BCUT2D eigenvalue weighted by Gasteiger charge is -2.30. The van der Waals surface area contributed by atoms with E-state index in [9.17, 15) is 18.0 Å². The van der Waals surface area contributed by atoms with Gasteiger partial charge in [0.15, 0.2) is 0 Å². The third kappa shape index (κ3) is 5.32. The van der Waals surface area contributed by atoms with Crippen LogP contribution in [-0.2, 0) is 6.18 Å². The first-order chi connectivity index (χ1) is 12.9. The molecular weight excluding hydrogens is 373 g/mol. The van der Waals surface area contributed by atoms with Crippen molar-refractivity contribution in [1.29, 1.82) is 0 Å². The highest BCUT2D eigenvalue weighted by atomic mass is 32.1. The highest BCUT2D eigenvalue weighted by Crippen LogP contribution is 2.29. The Kier molecular flexibility index (Phi) is 6.55. The lowest BCUT2D eigenvalue weighted by molar-refractivity contribution is -0.137. The zero-order valence-corrected chi connectivity index (χ0v) is 15.8. The number of likely N-dealkylation sites (tertiary alicyclic amines) is 1. The maximum absolute atomic E-state index is 12.7. The van der Waals surface area contributed by atoms with Crippen molar-refractivity contribution < 1.29 is 18.0 Å². The summed E-state index contributed by atoms with van der Waals surface area (Å²) in [6.07, 6.45) is 0.350. The van der Waals surface area contributed by atoms with Crippen molar-refractivity contribution in [2.24, 2.45) is 0 Å². The van der Waals surface area contributed by atoms with E-state index in [1.165, 1.54) is 30.5 Å². The predicted octanol–water partition coefficient (Wildman–Crippen LogP) is 5.11. The molecule has 0 spiro atoms. The third-order valence-electron chi connectivity index (χ3n) is 4.94. The number of rotatable bonds is 5. The number of carbonyl (C=O) groups excluding carboxylic acids is 1. The number of halogens is 3. The Bertz CT molecular complexity index is 721. The summed E-state index contributed by atoms with van der Waals surface area (Å²) in [6, 6.07) is 6.51. The number of nitrogens with one attached hydrogen (secondary N) is 1. The average molecular weight is 396 g/mol. The molecule has 146 valence electrons. The fourth-order valence-corrected chi connectivity index (χ4v) is 4.14. The number of nitrogens with zero attached hydrogens (tertiary/aromatic N) is 1. The van der Waals surface area contributed by atoms with Gasteiger partial charge in [-0.2, -0.15) is 24.5 Å². The Morgan fingerprint density at radius 2 is 1.74 bits per heavy atom. The van der Waals surface area contributed by atoms with Crippen LogP contribution in [0.3, 0.4) is 0 Å². The van der Waals surface area contributed by atoms with Crippen molar-refractivity contribution in [2.45, 2.75) is 37.9 Å². The van der Waals surface area contributed by atoms with Crippen LogP contribution in [0, 0.1) is 0 Å². The van der Waals surface area contributed by atoms with E-state index in [-0.39, 0.29) is 17.5 Å². The highest BCUT2D eigenvalue weighted by Gasteiger charge is 2.30. The van der Waals surface area contributed by atoms with Gasteiger partial charge in [-0.3, -0.25) is 9.69 Å². The average Bonchev–Trinajstić information content (AvgIpc) is 3.04. The smallest absolute Gasteiger partial charge is 0.350 e. The molecule has 1 aromatic carbocycles. The lowest BCUT2D eigenvalue weighted by Crippen LogP contribution is -2.38. The van der Waals surface area contributed by atoms with Crippen molar-refractivity contribution in [3.63, 3.8) is 0 Å². The second-order valence-electron chi connectivity index (χ2n) is 6.81. The second kappa shape index (κ2) is 8.89. The van der Waals surface area contributed by atoms with Crippen LogP contribution in [0.5, 0.6) is 0 Å². The largest absolute Gasteiger partial charge is 0.416 e. The standard InChI is InChI=1S/C20H23F3N2OS/c21-20(22,23)17-7-5-15(6-8-17)19(26)24-13-18(16-9-12-27-14-16)25-10-3-1-2-4-11-25/h5-9,12,14,18H,1-4,10-11,13H2,(H,24,26)/t18-/m0/s1. The fourth-order valence-electron chi connectivity index (χ4n) is 3.43. The van der Waals surface area contributed by atoms with Gasteiger partial charge in [0, 0.05) is 12.1 Å². The molecule has 2 heterocycles. The van der Waals surface area contributed by atoms with Gasteiger partial charge in [-0.25, -0.2) is 0 Å². The fraction of sp³-hybridized carbons (Fsp3) is 0.450. The molecule has 1 aromatic heterocycles. The van der Waals surface area contributed by atoms with Gasteiger partial charge in [-0.1, -0.05) is 12.8 Å². The van der Waals surface area contributed by atoms with Crippen LogP contribution in [-0.4, -0.2) is 30.4 Å². The van der Waals surface area contributed by atoms with E-state index >= 15 is 0 Å². The van der Waals surface area contributed by atoms with E-state index in [0.717, 1.165) is 38.1 Å². The molecule has 1 fully saturated rings. The van der Waals surface area contributed by atoms with Crippen molar-refractivity contribution in [2.75, 3.05) is 19.6 Å². The van der Waals surface area contributed by atoms with Crippen LogP contribution in [0.4, 0.5) is 13.2 Å². The Morgan fingerprint density at radius 1 is 1.07 bits per heavy atom. The summed E-state index contributed by atoms with van der Waals surface area (Å²) in [6.45, 7) is 2.43. The summed E-state index contributed by atoms with van der Waals surface area (Å²) in [5.41, 5.74) is 0.664. The first-order valence-electron chi connectivity index (χ1n) is 9.17. The van der Waals surface area contributed by atoms with Crippen LogP contribution in [0.25, 0.3) is 0 Å². The number of hydrogen-bond donors (Lipinski definition) is 1. The second-order valence-corrected chi connectivity index (χ2v) is 7.59. The monoisotopic (exact) mass is 396 g/mol. The summed E-state index contributed by atoms with van der Waals surface area (Å²) in [5, 5.41) is 7.03.